The van der Waals surface area contributed by atoms with Crippen LogP contribution in [-0.2, 0) is 13.5 Å². The zero-order valence-corrected chi connectivity index (χ0v) is 17.1. The molecule has 4 aromatic rings. The summed E-state index contributed by atoms with van der Waals surface area (Å²) in [5.74, 6) is 2.23. The predicted octanol–water partition coefficient (Wildman–Crippen LogP) is 4.69. The van der Waals surface area contributed by atoms with Gasteiger partial charge in [-0.2, -0.15) is 10.2 Å². The van der Waals surface area contributed by atoms with Crippen molar-refractivity contribution < 1.29 is 0 Å². The second-order valence-corrected chi connectivity index (χ2v) is 8.14. The van der Waals surface area contributed by atoms with Gasteiger partial charge in [0.25, 0.3) is 0 Å². The van der Waals surface area contributed by atoms with E-state index in [0.717, 1.165) is 46.1 Å². The first-order chi connectivity index (χ1) is 14.7. The van der Waals surface area contributed by atoms with Crippen molar-refractivity contribution in [3.63, 3.8) is 0 Å². The lowest BCUT2D eigenvalue weighted by Crippen LogP contribution is -2.10. The van der Waals surface area contributed by atoms with Gasteiger partial charge in [-0.05, 0) is 42.2 Å². The average molecular weight is 400 g/mol. The highest BCUT2D eigenvalue weighted by Crippen LogP contribution is 2.27. The topological polar surface area (TPSA) is 81.4 Å². The number of aromatic nitrogens is 6. The molecule has 4 aromatic heterocycles. The SMILES string of the molecule is Cn1cc(-c2cnc3ccc(Nc4cc(CC5CCCCC5)cnn4)nc3c2)cn1. The monoisotopic (exact) mass is 399 g/mol. The molecule has 7 heteroatoms. The smallest absolute Gasteiger partial charge is 0.154 e. The Morgan fingerprint density at radius 3 is 2.70 bits per heavy atom. The first-order valence-electron chi connectivity index (χ1n) is 10.6. The van der Waals surface area contributed by atoms with Crippen molar-refractivity contribution in [3.05, 3.63) is 54.6 Å². The van der Waals surface area contributed by atoms with Gasteiger partial charge in [0.15, 0.2) is 5.82 Å². The molecule has 1 N–H and O–H groups in total. The van der Waals surface area contributed by atoms with E-state index in [1.165, 1.54) is 37.7 Å². The quantitative estimate of drug-likeness (QED) is 0.524. The molecule has 4 heterocycles. The van der Waals surface area contributed by atoms with E-state index in [2.05, 4.69) is 31.7 Å². The minimum atomic E-state index is 0.728. The number of nitrogens with zero attached hydrogens (tertiary/aromatic N) is 6. The maximum absolute atomic E-state index is 4.74. The van der Waals surface area contributed by atoms with Crippen molar-refractivity contribution in [1.82, 2.24) is 29.9 Å². The fourth-order valence-electron chi connectivity index (χ4n) is 4.24. The highest BCUT2D eigenvalue weighted by molar-refractivity contribution is 5.81. The summed E-state index contributed by atoms with van der Waals surface area (Å²) in [5, 5.41) is 16.0. The Morgan fingerprint density at radius 2 is 1.87 bits per heavy atom. The molecule has 1 aliphatic carbocycles. The van der Waals surface area contributed by atoms with Crippen LogP contribution in [0.2, 0.25) is 0 Å². The Hall–Kier alpha value is -3.35. The maximum atomic E-state index is 4.74. The van der Waals surface area contributed by atoms with Crippen molar-refractivity contribution in [1.29, 1.82) is 0 Å². The Kier molecular flexibility index (Phi) is 5.09. The molecule has 0 unspecified atom stereocenters. The molecule has 0 amide bonds. The summed E-state index contributed by atoms with van der Waals surface area (Å²) in [5.41, 5.74) is 4.93. The molecule has 1 fully saturated rings. The largest absolute Gasteiger partial charge is 0.323 e. The lowest BCUT2D eigenvalue weighted by Gasteiger charge is -2.21. The molecule has 1 aliphatic rings. The second kappa shape index (κ2) is 8.18. The summed E-state index contributed by atoms with van der Waals surface area (Å²) in [7, 11) is 1.90. The van der Waals surface area contributed by atoms with E-state index in [1.807, 2.05) is 50.0 Å². The normalized spacial score (nSPS) is 14.8. The average Bonchev–Trinajstić information content (AvgIpc) is 3.21. The van der Waals surface area contributed by atoms with Crippen LogP contribution in [0.25, 0.3) is 22.2 Å². The summed E-state index contributed by atoms with van der Waals surface area (Å²) in [6.07, 6.45) is 15.3. The van der Waals surface area contributed by atoms with Crippen LogP contribution in [0.3, 0.4) is 0 Å². The van der Waals surface area contributed by atoms with Crippen LogP contribution in [0.1, 0.15) is 37.7 Å². The first-order valence-corrected chi connectivity index (χ1v) is 10.6. The number of fused-ring (bicyclic) bond motifs is 1. The third-order valence-electron chi connectivity index (χ3n) is 5.79. The van der Waals surface area contributed by atoms with E-state index < -0.39 is 0 Å². The Morgan fingerprint density at radius 1 is 0.967 bits per heavy atom. The van der Waals surface area contributed by atoms with Gasteiger partial charge in [0.05, 0.1) is 23.4 Å². The third kappa shape index (κ3) is 4.15. The number of anilines is 2. The summed E-state index contributed by atoms with van der Waals surface area (Å²) in [6.45, 7) is 0. The maximum Gasteiger partial charge on any atom is 0.154 e. The van der Waals surface area contributed by atoms with Gasteiger partial charge >= 0.3 is 0 Å². The molecule has 0 radical (unpaired) electrons. The van der Waals surface area contributed by atoms with Gasteiger partial charge in [-0.25, -0.2) is 4.98 Å². The molecule has 0 aromatic carbocycles. The number of pyridine rings is 2. The van der Waals surface area contributed by atoms with Crippen LogP contribution < -0.4 is 5.32 Å². The number of nitrogens with one attached hydrogen (secondary N) is 1. The fourth-order valence-corrected chi connectivity index (χ4v) is 4.24. The molecule has 7 nitrogen and oxygen atoms in total. The lowest BCUT2D eigenvalue weighted by atomic mass is 9.85. The molecule has 152 valence electrons. The molecule has 30 heavy (non-hydrogen) atoms. The van der Waals surface area contributed by atoms with Crippen molar-refractivity contribution in [3.8, 4) is 11.1 Å². The van der Waals surface area contributed by atoms with E-state index >= 15 is 0 Å². The standard InChI is InChI=1S/C23H25N7/c1-30-15-19(14-26-30)18-11-21-20(24-13-18)7-8-22(27-21)28-23-10-17(12-25-29-23)9-16-5-3-2-4-6-16/h7-8,10-16H,2-6,9H2,1H3,(H,27,28,29). The predicted molar refractivity (Wildman–Crippen MR) is 117 cm³/mol. The highest BCUT2D eigenvalue weighted by Gasteiger charge is 2.14. The van der Waals surface area contributed by atoms with Gasteiger partial charge in [0, 0.05) is 30.6 Å². The molecular formula is C23H25N7. The van der Waals surface area contributed by atoms with Gasteiger partial charge in [0.1, 0.15) is 5.82 Å². The van der Waals surface area contributed by atoms with Crippen LogP contribution >= 0.6 is 0 Å². The fraction of sp³-hybridized carbons (Fsp3) is 0.348. The molecule has 0 atom stereocenters. The van der Waals surface area contributed by atoms with Crippen LogP contribution in [0, 0.1) is 5.92 Å². The van der Waals surface area contributed by atoms with E-state index in [1.54, 1.807) is 4.68 Å². The minimum Gasteiger partial charge on any atom is -0.323 e. The molecular weight excluding hydrogens is 374 g/mol. The van der Waals surface area contributed by atoms with Crippen molar-refractivity contribution in [2.45, 2.75) is 38.5 Å². The van der Waals surface area contributed by atoms with E-state index in [0.29, 0.717) is 0 Å². The van der Waals surface area contributed by atoms with Gasteiger partial charge in [-0.3, -0.25) is 9.67 Å². The zero-order chi connectivity index (χ0) is 20.3. The van der Waals surface area contributed by atoms with Gasteiger partial charge in [0.2, 0.25) is 0 Å². The molecule has 0 bridgehead atoms. The lowest BCUT2D eigenvalue weighted by molar-refractivity contribution is 0.356. The summed E-state index contributed by atoms with van der Waals surface area (Å²) in [6, 6.07) is 8.03. The molecule has 5 rings (SSSR count). The van der Waals surface area contributed by atoms with E-state index in [4.69, 9.17) is 4.98 Å². The second-order valence-electron chi connectivity index (χ2n) is 8.14. The number of hydrogen-bond donors (Lipinski definition) is 1. The number of rotatable bonds is 5. The summed E-state index contributed by atoms with van der Waals surface area (Å²) in [4.78, 5) is 9.28. The van der Waals surface area contributed by atoms with Crippen molar-refractivity contribution in [2.24, 2.45) is 13.0 Å². The van der Waals surface area contributed by atoms with Crippen LogP contribution in [-0.4, -0.2) is 29.9 Å². The molecule has 0 aliphatic heterocycles. The van der Waals surface area contributed by atoms with Gasteiger partial charge < -0.3 is 5.32 Å². The van der Waals surface area contributed by atoms with Crippen LogP contribution in [0.15, 0.2) is 49.1 Å². The first kappa shape index (κ1) is 18.7. The molecule has 1 saturated carbocycles. The number of hydrogen-bond acceptors (Lipinski definition) is 6. The molecule has 0 spiro atoms. The van der Waals surface area contributed by atoms with E-state index in [9.17, 15) is 0 Å². The van der Waals surface area contributed by atoms with Crippen LogP contribution in [0.5, 0.6) is 0 Å². The van der Waals surface area contributed by atoms with Gasteiger partial charge in [-0.15, -0.1) is 5.10 Å². The number of aryl methyl sites for hydroxylation is 1. The summed E-state index contributed by atoms with van der Waals surface area (Å²) < 4.78 is 1.78. The summed E-state index contributed by atoms with van der Waals surface area (Å²) >= 11 is 0. The Balaban J connectivity index is 1.36. The zero-order valence-electron chi connectivity index (χ0n) is 17.1. The highest BCUT2D eigenvalue weighted by atomic mass is 15.2. The van der Waals surface area contributed by atoms with Crippen LogP contribution in [0.4, 0.5) is 11.6 Å². The minimum absolute atomic E-state index is 0.728. The van der Waals surface area contributed by atoms with Gasteiger partial charge in [-0.1, -0.05) is 32.1 Å². The Labute approximate surface area is 175 Å². The van der Waals surface area contributed by atoms with Crippen molar-refractivity contribution >= 4 is 22.7 Å². The van der Waals surface area contributed by atoms with E-state index in [-0.39, 0.29) is 0 Å². The Bertz CT molecular complexity index is 1160. The molecule has 0 saturated heterocycles. The third-order valence-corrected chi connectivity index (χ3v) is 5.79. The van der Waals surface area contributed by atoms with Crippen molar-refractivity contribution in [2.75, 3.05) is 5.32 Å².